The van der Waals surface area contributed by atoms with Crippen molar-refractivity contribution in [3.05, 3.63) is 0 Å². The number of aliphatic imine (C=N–C) groups is 1. The topological polar surface area (TPSA) is 71.5 Å². The van der Waals surface area contributed by atoms with E-state index in [-0.39, 0.29) is 24.4 Å². The Balaban J connectivity index is 1.86. The molecule has 0 bridgehead atoms. The van der Waals surface area contributed by atoms with Crippen LogP contribution < -0.4 is 5.32 Å². The number of hydrogen-bond acceptors (Lipinski definition) is 4. The SMILES string of the molecule is CC(C)NC(=NCC(=O)N(C)C)N1CCN(CC(=O)N2CCCC2)CC1. The van der Waals surface area contributed by atoms with Gasteiger partial charge in [0, 0.05) is 59.4 Å². The summed E-state index contributed by atoms with van der Waals surface area (Å²) in [6, 6.07) is 0.248. The molecule has 2 saturated heterocycles. The number of likely N-dealkylation sites (N-methyl/N-ethyl adjacent to an activating group) is 1. The Kier molecular flexibility index (Phi) is 7.68. The van der Waals surface area contributed by atoms with Gasteiger partial charge in [-0.2, -0.15) is 0 Å². The zero-order valence-electron chi connectivity index (χ0n) is 16.7. The van der Waals surface area contributed by atoms with E-state index in [0.29, 0.717) is 6.54 Å². The molecule has 26 heavy (non-hydrogen) atoms. The molecule has 2 fully saturated rings. The normalized spacial score (nSPS) is 19.2. The Hall–Kier alpha value is -1.83. The minimum absolute atomic E-state index is 0.0112. The average Bonchev–Trinajstić information content (AvgIpc) is 3.13. The molecule has 0 aromatic rings. The molecule has 2 aliphatic heterocycles. The molecule has 0 aliphatic carbocycles. The number of carbonyl (C=O) groups excluding carboxylic acids is 2. The van der Waals surface area contributed by atoms with E-state index < -0.39 is 0 Å². The van der Waals surface area contributed by atoms with Crippen LogP contribution in [0.25, 0.3) is 0 Å². The smallest absolute Gasteiger partial charge is 0.243 e. The molecule has 0 saturated carbocycles. The summed E-state index contributed by atoms with van der Waals surface area (Å²) in [5.41, 5.74) is 0. The second-order valence-electron chi connectivity index (χ2n) is 7.58. The third-order valence-electron chi connectivity index (χ3n) is 4.77. The molecule has 0 spiro atoms. The molecule has 8 nitrogen and oxygen atoms in total. The first kappa shape index (κ1) is 20.5. The number of rotatable bonds is 5. The van der Waals surface area contributed by atoms with Gasteiger partial charge in [-0.05, 0) is 26.7 Å². The highest BCUT2D eigenvalue weighted by atomic mass is 16.2. The number of likely N-dealkylation sites (tertiary alicyclic amines) is 1. The van der Waals surface area contributed by atoms with Crippen LogP contribution in [0.4, 0.5) is 0 Å². The average molecular weight is 367 g/mol. The molecular formula is C18H34N6O2. The van der Waals surface area contributed by atoms with Crippen molar-refractivity contribution in [1.82, 2.24) is 24.9 Å². The number of nitrogens with one attached hydrogen (secondary N) is 1. The number of hydrogen-bond donors (Lipinski definition) is 1. The minimum atomic E-state index is -0.0112. The maximum atomic E-state index is 12.3. The molecule has 2 heterocycles. The van der Waals surface area contributed by atoms with Crippen molar-refractivity contribution in [2.24, 2.45) is 4.99 Å². The Labute approximate surface area is 157 Å². The van der Waals surface area contributed by atoms with Crippen LogP contribution in [-0.4, -0.2) is 110 Å². The monoisotopic (exact) mass is 366 g/mol. The predicted molar refractivity (Wildman–Crippen MR) is 103 cm³/mol. The van der Waals surface area contributed by atoms with Crippen LogP contribution in [0, 0.1) is 0 Å². The van der Waals surface area contributed by atoms with Gasteiger partial charge in [0.15, 0.2) is 5.96 Å². The fourth-order valence-corrected chi connectivity index (χ4v) is 3.15. The summed E-state index contributed by atoms with van der Waals surface area (Å²) in [5.74, 6) is 1.02. The van der Waals surface area contributed by atoms with E-state index in [1.807, 2.05) is 4.90 Å². The second kappa shape index (κ2) is 9.75. The summed E-state index contributed by atoms with van der Waals surface area (Å²) in [7, 11) is 3.48. The third-order valence-corrected chi connectivity index (χ3v) is 4.77. The minimum Gasteiger partial charge on any atom is -0.354 e. The number of amides is 2. The molecule has 2 rings (SSSR count). The van der Waals surface area contributed by atoms with E-state index in [2.05, 4.69) is 34.0 Å². The lowest BCUT2D eigenvalue weighted by Gasteiger charge is -2.37. The van der Waals surface area contributed by atoms with Gasteiger partial charge < -0.3 is 20.0 Å². The molecule has 2 amide bonds. The molecule has 148 valence electrons. The van der Waals surface area contributed by atoms with Crippen LogP contribution >= 0.6 is 0 Å². The standard InChI is InChI=1S/C18H34N6O2/c1-15(2)20-18(19-13-16(25)21(3)4)24-11-9-22(10-12-24)14-17(26)23-7-5-6-8-23/h15H,5-14H2,1-4H3,(H,19,20). The molecule has 0 aromatic carbocycles. The zero-order valence-corrected chi connectivity index (χ0v) is 16.7. The Morgan fingerprint density at radius 3 is 2.15 bits per heavy atom. The van der Waals surface area contributed by atoms with Crippen molar-refractivity contribution >= 4 is 17.8 Å². The van der Waals surface area contributed by atoms with Crippen molar-refractivity contribution in [2.75, 3.05) is 66.5 Å². The van der Waals surface area contributed by atoms with Gasteiger partial charge in [-0.15, -0.1) is 0 Å². The first-order valence-electron chi connectivity index (χ1n) is 9.63. The number of carbonyl (C=O) groups is 2. The molecule has 1 N–H and O–H groups in total. The van der Waals surface area contributed by atoms with Crippen LogP contribution in [0.5, 0.6) is 0 Å². The van der Waals surface area contributed by atoms with E-state index in [0.717, 1.165) is 58.1 Å². The molecule has 0 unspecified atom stereocenters. The van der Waals surface area contributed by atoms with Crippen LogP contribution in [0.15, 0.2) is 4.99 Å². The zero-order chi connectivity index (χ0) is 19.1. The van der Waals surface area contributed by atoms with E-state index in [9.17, 15) is 9.59 Å². The summed E-state index contributed by atoms with van der Waals surface area (Å²) in [6.45, 7) is 9.89. The quantitative estimate of drug-likeness (QED) is 0.533. The van der Waals surface area contributed by atoms with E-state index >= 15 is 0 Å². The van der Waals surface area contributed by atoms with Gasteiger partial charge >= 0.3 is 0 Å². The first-order chi connectivity index (χ1) is 12.4. The summed E-state index contributed by atoms with van der Waals surface area (Å²) in [6.07, 6.45) is 2.26. The lowest BCUT2D eigenvalue weighted by molar-refractivity contribution is -0.131. The van der Waals surface area contributed by atoms with Crippen LogP contribution in [0.2, 0.25) is 0 Å². The second-order valence-corrected chi connectivity index (χ2v) is 7.58. The van der Waals surface area contributed by atoms with Gasteiger partial charge in [-0.1, -0.05) is 0 Å². The van der Waals surface area contributed by atoms with Gasteiger partial charge in [-0.3, -0.25) is 14.5 Å². The van der Waals surface area contributed by atoms with E-state index in [1.54, 1.807) is 19.0 Å². The Morgan fingerprint density at radius 2 is 1.62 bits per heavy atom. The maximum Gasteiger partial charge on any atom is 0.243 e. The molecular weight excluding hydrogens is 332 g/mol. The van der Waals surface area contributed by atoms with Gasteiger partial charge in [0.05, 0.1) is 6.54 Å². The number of nitrogens with zero attached hydrogens (tertiary/aromatic N) is 5. The fraction of sp³-hybridized carbons (Fsp3) is 0.833. The van der Waals surface area contributed by atoms with Gasteiger partial charge in [0.1, 0.15) is 6.54 Å². The first-order valence-corrected chi connectivity index (χ1v) is 9.63. The molecule has 8 heteroatoms. The van der Waals surface area contributed by atoms with Gasteiger partial charge in [-0.25, -0.2) is 4.99 Å². The number of guanidine groups is 1. The maximum absolute atomic E-state index is 12.3. The molecule has 0 atom stereocenters. The van der Waals surface area contributed by atoms with Crippen molar-refractivity contribution in [1.29, 1.82) is 0 Å². The summed E-state index contributed by atoms with van der Waals surface area (Å²) < 4.78 is 0. The lowest BCUT2D eigenvalue weighted by Crippen LogP contribution is -2.55. The molecule has 0 radical (unpaired) electrons. The Bertz CT molecular complexity index is 506. The largest absolute Gasteiger partial charge is 0.354 e. The predicted octanol–water partition coefficient (Wildman–Crippen LogP) is -0.331. The van der Waals surface area contributed by atoms with Crippen molar-refractivity contribution in [3.8, 4) is 0 Å². The summed E-state index contributed by atoms with van der Waals surface area (Å²) >= 11 is 0. The lowest BCUT2D eigenvalue weighted by atomic mass is 10.3. The van der Waals surface area contributed by atoms with Crippen molar-refractivity contribution in [3.63, 3.8) is 0 Å². The highest BCUT2D eigenvalue weighted by Gasteiger charge is 2.25. The van der Waals surface area contributed by atoms with Crippen LogP contribution in [-0.2, 0) is 9.59 Å². The third kappa shape index (κ3) is 6.16. The van der Waals surface area contributed by atoms with E-state index in [4.69, 9.17) is 0 Å². The van der Waals surface area contributed by atoms with Gasteiger partial charge in [0.2, 0.25) is 11.8 Å². The highest BCUT2D eigenvalue weighted by Crippen LogP contribution is 2.09. The van der Waals surface area contributed by atoms with Crippen LogP contribution in [0.1, 0.15) is 26.7 Å². The van der Waals surface area contributed by atoms with Crippen LogP contribution in [0.3, 0.4) is 0 Å². The molecule has 2 aliphatic rings. The molecule has 0 aromatic heterocycles. The summed E-state index contributed by atoms with van der Waals surface area (Å²) in [5, 5.41) is 3.36. The fourth-order valence-electron chi connectivity index (χ4n) is 3.15. The number of piperazine rings is 1. The van der Waals surface area contributed by atoms with Crippen molar-refractivity contribution in [2.45, 2.75) is 32.7 Å². The van der Waals surface area contributed by atoms with Crippen molar-refractivity contribution < 1.29 is 9.59 Å². The summed E-state index contributed by atoms with van der Waals surface area (Å²) in [4.78, 5) is 36.6. The Morgan fingerprint density at radius 1 is 1.00 bits per heavy atom. The highest BCUT2D eigenvalue weighted by molar-refractivity contribution is 5.85. The van der Waals surface area contributed by atoms with Gasteiger partial charge in [0.25, 0.3) is 0 Å². The van der Waals surface area contributed by atoms with E-state index in [1.165, 1.54) is 0 Å².